The third-order valence-electron chi connectivity index (χ3n) is 1.97. The molecule has 3 nitrogen and oxygen atoms in total. The van der Waals surface area contributed by atoms with Crippen LogP contribution in [0.25, 0.3) is 0 Å². The molecule has 1 unspecified atom stereocenters. The average Bonchev–Trinajstić information content (AvgIpc) is 2.12. The van der Waals surface area contributed by atoms with Gasteiger partial charge in [0.25, 0.3) is 0 Å². The summed E-state index contributed by atoms with van der Waals surface area (Å²) in [7, 11) is 0. The van der Waals surface area contributed by atoms with Crippen LogP contribution in [-0.2, 0) is 4.79 Å². The number of nitrogens with two attached hydrogens (primary N) is 1. The zero-order valence-electron chi connectivity index (χ0n) is 7.42. The van der Waals surface area contributed by atoms with Crippen LogP contribution >= 0.6 is 0 Å². The van der Waals surface area contributed by atoms with Crippen molar-refractivity contribution >= 4 is 11.7 Å². The van der Waals surface area contributed by atoms with Gasteiger partial charge in [-0.3, -0.25) is 4.79 Å². The van der Waals surface area contributed by atoms with Crippen molar-refractivity contribution in [1.29, 1.82) is 0 Å². The molecule has 0 radical (unpaired) electrons. The molecule has 0 amide bonds. The molecule has 76 valence electrons. The SMILES string of the molecule is CC(C(=O)O)c1cc(F)c(N)c(F)c1. The smallest absolute Gasteiger partial charge is 0.310 e. The van der Waals surface area contributed by atoms with Crippen molar-refractivity contribution < 1.29 is 18.7 Å². The van der Waals surface area contributed by atoms with Crippen molar-refractivity contribution in [2.24, 2.45) is 0 Å². The van der Waals surface area contributed by atoms with Gasteiger partial charge in [-0.25, -0.2) is 8.78 Å². The van der Waals surface area contributed by atoms with Gasteiger partial charge < -0.3 is 10.8 Å². The van der Waals surface area contributed by atoms with Crippen molar-refractivity contribution in [3.63, 3.8) is 0 Å². The highest BCUT2D eigenvalue weighted by molar-refractivity contribution is 5.75. The molecule has 0 aliphatic rings. The second-order valence-electron chi connectivity index (χ2n) is 2.96. The lowest BCUT2D eigenvalue weighted by Gasteiger charge is -2.08. The van der Waals surface area contributed by atoms with Crippen LogP contribution in [0.3, 0.4) is 0 Å². The lowest BCUT2D eigenvalue weighted by molar-refractivity contribution is -0.138. The fraction of sp³-hybridized carbons (Fsp3) is 0.222. The van der Waals surface area contributed by atoms with Crippen molar-refractivity contribution in [3.05, 3.63) is 29.3 Å². The van der Waals surface area contributed by atoms with E-state index in [0.29, 0.717) is 0 Å². The molecule has 5 heteroatoms. The number of anilines is 1. The first-order valence-corrected chi connectivity index (χ1v) is 3.90. The topological polar surface area (TPSA) is 63.3 Å². The lowest BCUT2D eigenvalue weighted by atomic mass is 10.0. The maximum Gasteiger partial charge on any atom is 0.310 e. The molecule has 0 aliphatic carbocycles. The van der Waals surface area contributed by atoms with Crippen LogP contribution < -0.4 is 5.73 Å². The van der Waals surface area contributed by atoms with E-state index in [9.17, 15) is 13.6 Å². The summed E-state index contributed by atoms with van der Waals surface area (Å²) in [5.41, 5.74) is 4.50. The van der Waals surface area contributed by atoms with E-state index >= 15 is 0 Å². The Balaban J connectivity index is 3.19. The fourth-order valence-electron chi connectivity index (χ4n) is 0.996. The summed E-state index contributed by atoms with van der Waals surface area (Å²) >= 11 is 0. The van der Waals surface area contributed by atoms with Gasteiger partial charge in [0.15, 0.2) is 0 Å². The van der Waals surface area contributed by atoms with Gasteiger partial charge >= 0.3 is 5.97 Å². The number of carboxylic acids is 1. The van der Waals surface area contributed by atoms with Gasteiger partial charge in [0.05, 0.1) is 5.92 Å². The molecule has 0 bridgehead atoms. The molecule has 1 aromatic carbocycles. The van der Waals surface area contributed by atoms with Crippen molar-refractivity contribution in [2.45, 2.75) is 12.8 Å². The van der Waals surface area contributed by atoms with Gasteiger partial charge in [-0.05, 0) is 24.6 Å². The Labute approximate surface area is 79.2 Å². The molecule has 0 spiro atoms. The predicted molar refractivity (Wildman–Crippen MR) is 46.8 cm³/mol. The molecule has 1 aromatic rings. The van der Waals surface area contributed by atoms with Crippen LogP contribution in [0.15, 0.2) is 12.1 Å². The molecular weight excluding hydrogens is 192 g/mol. The molecule has 0 aromatic heterocycles. The molecule has 0 saturated carbocycles. The highest BCUT2D eigenvalue weighted by Gasteiger charge is 2.17. The minimum absolute atomic E-state index is 0.0571. The Morgan fingerprint density at radius 2 is 1.86 bits per heavy atom. The summed E-state index contributed by atoms with van der Waals surface area (Å²) < 4.78 is 25.8. The Hall–Kier alpha value is -1.65. The van der Waals surface area contributed by atoms with Gasteiger partial charge in [0.1, 0.15) is 17.3 Å². The molecule has 0 fully saturated rings. The van der Waals surface area contributed by atoms with E-state index in [-0.39, 0.29) is 5.56 Å². The molecule has 1 atom stereocenters. The molecule has 0 aliphatic heterocycles. The molecule has 1 rings (SSSR count). The first-order chi connectivity index (χ1) is 6.43. The lowest BCUT2D eigenvalue weighted by Crippen LogP contribution is -2.09. The third kappa shape index (κ3) is 1.81. The van der Waals surface area contributed by atoms with Crippen LogP contribution in [0.2, 0.25) is 0 Å². The zero-order valence-corrected chi connectivity index (χ0v) is 7.42. The molecule has 0 saturated heterocycles. The Bertz CT molecular complexity index is 356. The number of hydrogen-bond acceptors (Lipinski definition) is 2. The Kier molecular flexibility index (Phi) is 2.69. The molecule has 3 N–H and O–H groups in total. The molecular formula is C9H9F2NO2. The molecule has 14 heavy (non-hydrogen) atoms. The van der Waals surface area contributed by atoms with Crippen LogP contribution in [-0.4, -0.2) is 11.1 Å². The fourth-order valence-corrected chi connectivity index (χ4v) is 0.996. The Morgan fingerprint density at radius 3 is 2.21 bits per heavy atom. The van der Waals surface area contributed by atoms with Crippen LogP contribution in [0, 0.1) is 11.6 Å². The quantitative estimate of drug-likeness (QED) is 0.716. The highest BCUT2D eigenvalue weighted by atomic mass is 19.1. The van der Waals surface area contributed by atoms with E-state index in [1.54, 1.807) is 0 Å². The van der Waals surface area contributed by atoms with Crippen molar-refractivity contribution in [1.82, 2.24) is 0 Å². The first kappa shape index (κ1) is 10.4. The summed E-state index contributed by atoms with van der Waals surface area (Å²) in [4.78, 5) is 10.5. The summed E-state index contributed by atoms with van der Waals surface area (Å²) in [6, 6.07) is 1.86. The number of carbonyl (C=O) groups is 1. The van der Waals surface area contributed by atoms with E-state index < -0.39 is 29.2 Å². The molecule has 0 heterocycles. The second kappa shape index (κ2) is 3.61. The third-order valence-corrected chi connectivity index (χ3v) is 1.97. The second-order valence-corrected chi connectivity index (χ2v) is 2.96. The summed E-state index contributed by atoms with van der Waals surface area (Å²) in [6.07, 6.45) is 0. The minimum Gasteiger partial charge on any atom is -0.481 e. The number of nitrogen functional groups attached to an aromatic ring is 1. The van der Waals surface area contributed by atoms with Crippen LogP contribution in [0.1, 0.15) is 18.4 Å². The summed E-state index contributed by atoms with van der Waals surface area (Å²) in [5.74, 6) is -3.98. The standard InChI is InChI=1S/C9H9F2NO2/c1-4(9(13)14)5-2-6(10)8(12)7(11)3-5/h2-4H,12H2,1H3,(H,13,14). The van der Waals surface area contributed by atoms with Gasteiger partial charge in [0.2, 0.25) is 0 Å². The Morgan fingerprint density at radius 1 is 1.43 bits per heavy atom. The van der Waals surface area contributed by atoms with Gasteiger partial charge in [-0.1, -0.05) is 0 Å². The number of carboxylic acid groups (broad SMARTS) is 1. The normalized spacial score (nSPS) is 12.5. The number of halogens is 2. The van der Waals surface area contributed by atoms with Crippen LogP contribution in [0.4, 0.5) is 14.5 Å². The van der Waals surface area contributed by atoms with E-state index in [1.165, 1.54) is 6.92 Å². The summed E-state index contributed by atoms with van der Waals surface area (Å²) in [5, 5.41) is 8.61. The average molecular weight is 201 g/mol. The van der Waals surface area contributed by atoms with Crippen LogP contribution in [0.5, 0.6) is 0 Å². The highest BCUT2D eigenvalue weighted by Crippen LogP contribution is 2.22. The maximum atomic E-state index is 12.9. The van der Waals surface area contributed by atoms with Gasteiger partial charge in [-0.15, -0.1) is 0 Å². The van der Waals surface area contributed by atoms with E-state index in [4.69, 9.17) is 10.8 Å². The minimum atomic E-state index is -1.14. The van der Waals surface area contributed by atoms with Crippen molar-refractivity contribution in [2.75, 3.05) is 5.73 Å². The number of aliphatic carboxylic acids is 1. The van der Waals surface area contributed by atoms with Crippen molar-refractivity contribution in [3.8, 4) is 0 Å². The van der Waals surface area contributed by atoms with E-state index in [0.717, 1.165) is 12.1 Å². The zero-order chi connectivity index (χ0) is 10.9. The number of hydrogen-bond donors (Lipinski definition) is 2. The van der Waals surface area contributed by atoms with Gasteiger partial charge in [0, 0.05) is 0 Å². The van der Waals surface area contributed by atoms with E-state index in [2.05, 4.69) is 0 Å². The maximum absolute atomic E-state index is 12.9. The van der Waals surface area contributed by atoms with E-state index in [1.807, 2.05) is 0 Å². The summed E-state index contributed by atoms with van der Waals surface area (Å²) in [6.45, 7) is 1.34. The monoisotopic (exact) mass is 201 g/mol. The predicted octanol–water partition coefficient (Wildman–Crippen LogP) is 1.74. The van der Waals surface area contributed by atoms with Gasteiger partial charge in [-0.2, -0.15) is 0 Å². The first-order valence-electron chi connectivity index (χ1n) is 3.90. The number of benzene rings is 1. The number of rotatable bonds is 2. The largest absolute Gasteiger partial charge is 0.481 e.